The number of rotatable bonds is 5. The number of hydrogen-bond donors (Lipinski definition) is 0. The van der Waals surface area contributed by atoms with Crippen molar-refractivity contribution in [1.29, 1.82) is 0 Å². The molecule has 1 aromatic carbocycles. The molecule has 4 nitrogen and oxygen atoms in total. The molecule has 1 aromatic rings. The van der Waals surface area contributed by atoms with Gasteiger partial charge in [0.1, 0.15) is 5.75 Å². The number of esters is 1. The Balaban J connectivity index is 2.87. The van der Waals surface area contributed by atoms with E-state index in [-0.39, 0.29) is 11.8 Å². The first-order valence-corrected chi connectivity index (χ1v) is 6.27. The van der Waals surface area contributed by atoms with E-state index in [0.29, 0.717) is 17.7 Å². The lowest BCUT2D eigenvalue weighted by atomic mass is 10.1. The smallest absolute Gasteiger partial charge is 0.308 e. The van der Waals surface area contributed by atoms with Gasteiger partial charge in [0.2, 0.25) is 5.79 Å². The van der Waals surface area contributed by atoms with Crippen LogP contribution in [0.1, 0.15) is 50.0 Å². The Bertz CT molecular complexity index is 489. The molecule has 0 amide bonds. The van der Waals surface area contributed by atoms with Gasteiger partial charge in [-0.25, -0.2) is 0 Å². The number of ketones is 1. The van der Waals surface area contributed by atoms with Crippen LogP contribution in [0.4, 0.5) is 0 Å². The van der Waals surface area contributed by atoms with Gasteiger partial charge in [-0.3, -0.25) is 9.59 Å². The summed E-state index contributed by atoms with van der Waals surface area (Å²) in [6.45, 7) is 8.45. The zero-order chi connectivity index (χ0) is 14.6. The Morgan fingerprint density at radius 3 is 2.37 bits per heavy atom. The summed E-state index contributed by atoms with van der Waals surface area (Å²) < 4.78 is 10.9. The average Bonchev–Trinajstić information content (AvgIpc) is 2.30. The van der Waals surface area contributed by atoms with Crippen LogP contribution in [0.5, 0.6) is 5.75 Å². The fourth-order valence-electron chi connectivity index (χ4n) is 1.61. The SMILES string of the molecule is CCC(=O)OC(C)(C)Oc1ccc(C(C)=O)cc1C. The van der Waals surface area contributed by atoms with Crippen molar-refractivity contribution in [3.05, 3.63) is 29.3 Å². The largest absolute Gasteiger partial charge is 0.453 e. The van der Waals surface area contributed by atoms with Crippen LogP contribution in [0.25, 0.3) is 0 Å². The summed E-state index contributed by atoms with van der Waals surface area (Å²) in [7, 11) is 0. The van der Waals surface area contributed by atoms with Crippen molar-refractivity contribution in [3.63, 3.8) is 0 Å². The zero-order valence-electron chi connectivity index (χ0n) is 12.1. The summed E-state index contributed by atoms with van der Waals surface area (Å²) >= 11 is 0. The van der Waals surface area contributed by atoms with Gasteiger partial charge in [-0.15, -0.1) is 0 Å². The molecule has 0 saturated carbocycles. The Morgan fingerprint density at radius 1 is 1.26 bits per heavy atom. The quantitative estimate of drug-likeness (QED) is 0.465. The van der Waals surface area contributed by atoms with Crippen LogP contribution in [-0.2, 0) is 9.53 Å². The molecule has 19 heavy (non-hydrogen) atoms. The zero-order valence-corrected chi connectivity index (χ0v) is 12.1. The second kappa shape index (κ2) is 5.87. The van der Waals surface area contributed by atoms with Gasteiger partial charge >= 0.3 is 5.97 Å². The van der Waals surface area contributed by atoms with E-state index in [9.17, 15) is 9.59 Å². The molecule has 0 aromatic heterocycles. The molecular formula is C15H20O4. The lowest BCUT2D eigenvalue weighted by Crippen LogP contribution is -2.34. The molecule has 0 aliphatic rings. The number of carbonyl (C=O) groups excluding carboxylic acids is 2. The van der Waals surface area contributed by atoms with Crippen molar-refractivity contribution in [2.45, 2.75) is 46.8 Å². The molecule has 0 unspecified atom stereocenters. The fourth-order valence-corrected chi connectivity index (χ4v) is 1.61. The third-order valence-electron chi connectivity index (χ3n) is 2.59. The van der Waals surface area contributed by atoms with Gasteiger partial charge < -0.3 is 9.47 Å². The van der Waals surface area contributed by atoms with E-state index < -0.39 is 5.79 Å². The summed E-state index contributed by atoms with van der Waals surface area (Å²) in [6.07, 6.45) is 0.301. The maximum atomic E-state index is 11.3. The minimum atomic E-state index is -1.03. The molecule has 1 rings (SSSR count). The lowest BCUT2D eigenvalue weighted by Gasteiger charge is -2.27. The Kier molecular flexibility index (Phi) is 4.70. The summed E-state index contributed by atoms with van der Waals surface area (Å²) in [5, 5.41) is 0. The van der Waals surface area contributed by atoms with Crippen molar-refractivity contribution in [2.75, 3.05) is 0 Å². The maximum Gasteiger partial charge on any atom is 0.308 e. The van der Waals surface area contributed by atoms with Crippen LogP contribution >= 0.6 is 0 Å². The van der Waals surface area contributed by atoms with Gasteiger partial charge in [0, 0.05) is 25.8 Å². The van der Waals surface area contributed by atoms with E-state index in [0.717, 1.165) is 5.56 Å². The van der Waals surface area contributed by atoms with Crippen LogP contribution in [0.2, 0.25) is 0 Å². The van der Waals surface area contributed by atoms with E-state index >= 15 is 0 Å². The molecule has 0 atom stereocenters. The van der Waals surface area contributed by atoms with Crippen molar-refractivity contribution >= 4 is 11.8 Å². The number of ether oxygens (including phenoxy) is 2. The molecule has 0 bridgehead atoms. The monoisotopic (exact) mass is 264 g/mol. The number of aryl methyl sites for hydroxylation is 1. The van der Waals surface area contributed by atoms with Crippen molar-refractivity contribution in [2.24, 2.45) is 0 Å². The average molecular weight is 264 g/mol. The van der Waals surface area contributed by atoms with Crippen LogP contribution in [0, 0.1) is 6.92 Å². The number of hydrogen-bond acceptors (Lipinski definition) is 4. The number of benzene rings is 1. The third kappa shape index (κ3) is 4.39. The fraction of sp³-hybridized carbons (Fsp3) is 0.467. The number of carbonyl (C=O) groups is 2. The summed E-state index contributed by atoms with van der Waals surface area (Å²) in [5.74, 6) is -0.747. The van der Waals surface area contributed by atoms with Gasteiger partial charge in [-0.2, -0.15) is 0 Å². The van der Waals surface area contributed by atoms with E-state index in [2.05, 4.69) is 0 Å². The predicted octanol–water partition coefficient (Wildman–Crippen LogP) is 3.27. The highest BCUT2D eigenvalue weighted by atomic mass is 16.7. The molecular weight excluding hydrogens is 244 g/mol. The highest BCUT2D eigenvalue weighted by molar-refractivity contribution is 5.94. The normalized spacial score (nSPS) is 11.0. The molecule has 0 fully saturated rings. The van der Waals surface area contributed by atoms with Gasteiger partial charge in [-0.05, 0) is 37.6 Å². The molecule has 104 valence electrons. The number of Topliss-reactive ketones (excluding diaryl/α,β-unsaturated/α-hetero) is 1. The molecule has 0 aliphatic heterocycles. The maximum absolute atomic E-state index is 11.3. The second-order valence-corrected chi connectivity index (χ2v) is 4.87. The molecule has 0 radical (unpaired) electrons. The summed E-state index contributed by atoms with van der Waals surface area (Å²) in [5.41, 5.74) is 1.46. The molecule has 0 aliphatic carbocycles. The molecule has 0 spiro atoms. The minimum absolute atomic E-state index is 0.00585. The standard InChI is InChI=1S/C15H20O4/c1-6-14(17)19-15(4,5)18-13-8-7-12(11(3)16)9-10(13)2/h7-9H,6H2,1-5H3. The van der Waals surface area contributed by atoms with Gasteiger partial charge in [0.15, 0.2) is 5.78 Å². The summed E-state index contributed by atoms with van der Waals surface area (Å²) in [6, 6.07) is 5.17. The van der Waals surface area contributed by atoms with Gasteiger partial charge in [0.05, 0.1) is 0 Å². The van der Waals surface area contributed by atoms with E-state index in [1.165, 1.54) is 6.92 Å². The molecule has 0 heterocycles. The van der Waals surface area contributed by atoms with Gasteiger partial charge in [0.25, 0.3) is 0 Å². The first-order valence-electron chi connectivity index (χ1n) is 6.27. The van der Waals surface area contributed by atoms with Crippen LogP contribution in [0.15, 0.2) is 18.2 Å². The minimum Gasteiger partial charge on any atom is -0.453 e. The summed E-state index contributed by atoms with van der Waals surface area (Å²) in [4.78, 5) is 22.6. The van der Waals surface area contributed by atoms with E-state index in [1.807, 2.05) is 6.92 Å². The van der Waals surface area contributed by atoms with Crippen LogP contribution in [0.3, 0.4) is 0 Å². The van der Waals surface area contributed by atoms with Crippen LogP contribution in [-0.4, -0.2) is 17.5 Å². The lowest BCUT2D eigenvalue weighted by molar-refractivity contribution is -0.186. The predicted molar refractivity (Wildman–Crippen MR) is 72.3 cm³/mol. The van der Waals surface area contributed by atoms with Crippen molar-refractivity contribution in [3.8, 4) is 5.75 Å². The third-order valence-corrected chi connectivity index (χ3v) is 2.59. The Hall–Kier alpha value is -1.84. The van der Waals surface area contributed by atoms with Crippen molar-refractivity contribution < 1.29 is 19.1 Å². The van der Waals surface area contributed by atoms with E-state index in [1.54, 1.807) is 39.0 Å². The highest BCUT2D eigenvalue weighted by Gasteiger charge is 2.24. The molecule has 0 N–H and O–H groups in total. The van der Waals surface area contributed by atoms with Crippen molar-refractivity contribution in [1.82, 2.24) is 0 Å². The Morgan fingerprint density at radius 2 is 1.89 bits per heavy atom. The van der Waals surface area contributed by atoms with Gasteiger partial charge in [-0.1, -0.05) is 6.92 Å². The highest BCUT2D eigenvalue weighted by Crippen LogP contribution is 2.25. The topological polar surface area (TPSA) is 52.6 Å². The van der Waals surface area contributed by atoms with Crippen LogP contribution < -0.4 is 4.74 Å². The first-order chi connectivity index (χ1) is 8.75. The molecule has 0 saturated heterocycles. The first kappa shape index (κ1) is 15.2. The second-order valence-electron chi connectivity index (χ2n) is 4.87. The Labute approximate surface area is 113 Å². The molecule has 4 heteroatoms. The van der Waals surface area contributed by atoms with E-state index in [4.69, 9.17) is 9.47 Å².